The SMILES string of the molecule is COCO[C@@H](/C=C/[C@@H]1CC=CC(=O)O1)[C@H]1OC(C)(C)O[C@@H]1[C@@H](C)O[Si](C)(C)C(C)(C)C. The van der Waals surface area contributed by atoms with Crippen molar-refractivity contribution in [2.45, 2.75) is 102 Å². The Balaban J connectivity index is 2.22. The van der Waals surface area contributed by atoms with Crippen LogP contribution in [-0.4, -0.2) is 64.5 Å². The quantitative estimate of drug-likeness (QED) is 0.221. The smallest absolute Gasteiger partial charge is 0.331 e. The Kier molecular flexibility index (Phi) is 8.69. The zero-order valence-electron chi connectivity index (χ0n) is 20.5. The van der Waals surface area contributed by atoms with Crippen LogP contribution in [0.5, 0.6) is 0 Å². The van der Waals surface area contributed by atoms with E-state index in [1.54, 1.807) is 7.11 Å². The number of methoxy groups -OCH3 is 1. The van der Waals surface area contributed by atoms with E-state index < -0.39 is 26.3 Å². The molecule has 0 aromatic rings. The van der Waals surface area contributed by atoms with Gasteiger partial charge in [0.15, 0.2) is 14.1 Å². The number of rotatable bonds is 9. The molecule has 5 atom stereocenters. The molecule has 178 valence electrons. The maximum atomic E-state index is 11.5. The summed E-state index contributed by atoms with van der Waals surface area (Å²) in [5.74, 6) is -1.12. The summed E-state index contributed by atoms with van der Waals surface area (Å²) in [6.07, 6.45) is 5.87. The minimum Gasteiger partial charge on any atom is -0.455 e. The number of esters is 1. The van der Waals surface area contributed by atoms with Gasteiger partial charge in [-0.05, 0) is 45.0 Å². The lowest BCUT2D eigenvalue weighted by atomic mass is 10.0. The highest BCUT2D eigenvalue weighted by atomic mass is 28.4. The standard InChI is InChI=1S/C23H40O7Si/c1-16(30-31(8,9)22(2,3)4)20-21(29-23(5,6)28-20)18(26-15-25-7)14-13-17-11-10-12-19(24)27-17/h10,12-14,16-18,20-21H,11,15H2,1-9H3/b14-13+/t16-,17+,18+,20-,21-/m1/s1. The van der Waals surface area contributed by atoms with Crippen LogP contribution in [0.2, 0.25) is 18.1 Å². The molecule has 2 aliphatic heterocycles. The van der Waals surface area contributed by atoms with Gasteiger partial charge in [-0.1, -0.05) is 32.9 Å². The lowest BCUT2D eigenvalue weighted by Gasteiger charge is -2.40. The summed E-state index contributed by atoms with van der Waals surface area (Å²) >= 11 is 0. The Hall–Kier alpha value is -1.03. The molecule has 1 saturated heterocycles. The molecule has 7 nitrogen and oxygen atoms in total. The van der Waals surface area contributed by atoms with Crippen LogP contribution in [0.15, 0.2) is 24.3 Å². The van der Waals surface area contributed by atoms with Crippen LogP contribution in [0.1, 0.15) is 48.0 Å². The molecule has 8 heteroatoms. The molecule has 2 heterocycles. The van der Waals surface area contributed by atoms with Crippen molar-refractivity contribution in [3.05, 3.63) is 24.3 Å². The van der Waals surface area contributed by atoms with E-state index in [9.17, 15) is 4.79 Å². The first-order chi connectivity index (χ1) is 14.3. The highest BCUT2D eigenvalue weighted by Gasteiger charge is 2.50. The topological polar surface area (TPSA) is 72.5 Å². The van der Waals surface area contributed by atoms with Crippen molar-refractivity contribution in [2.75, 3.05) is 13.9 Å². The van der Waals surface area contributed by atoms with Crippen LogP contribution in [0.3, 0.4) is 0 Å². The fraction of sp³-hybridized carbons (Fsp3) is 0.783. The van der Waals surface area contributed by atoms with E-state index in [0.29, 0.717) is 6.42 Å². The zero-order chi connectivity index (χ0) is 23.4. The van der Waals surface area contributed by atoms with E-state index in [0.717, 1.165) is 0 Å². The van der Waals surface area contributed by atoms with Gasteiger partial charge >= 0.3 is 5.97 Å². The van der Waals surface area contributed by atoms with E-state index in [4.69, 9.17) is 28.1 Å². The van der Waals surface area contributed by atoms with Crippen molar-refractivity contribution in [1.82, 2.24) is 0 Å². The van der Waals surface area contributed by atoms with Crippen LogP contribution in [0.25, 0.3) is 0 Å². The fourth-order valence-corrected chi connectivity index (χ4v) is 4.85. The molecule has 0 amide bonds. The van der Waals surface area contributed by atoms with Crippen molar-refractivity contribution >= 4 is 14.3 Å². The van der Waals surface area contributed by atoms with Crippen LogP contribution >= 0.6 is 0 Å². The molecule has 0 unspecified atom stereocenters. The Bertz CT molecular complexity index is 665. The first-order valence-corrected chi connectivity index (χ1v) is 13.9. The predicted molar refractivity (Wildman–Crippen MR) is 121 cm³/mol. The highest BCUT2D eigenvalue weighted by Crippen LogP contribution is 2.40. The third kappa shape index (κ3) is 7.23. The molecule has 31 heavy (non-hydrogen) atoms. The molecule has 2 rings (SSSR count). The predicted octanol–water partition coefficient (Wildman–Crippen LogP) is 4.33. The van der Waals surface area contributed by atoms with Crippen molar-refractivity contribution in [3.8, 4) is 0 Å². The first-order valence-electron chi connectivity index (χ1n) is 11.0. The summed E-state index contributed by atoms with van der Waals surface area (Å²) in [5, 5.41) is 0.0793. The van der Waals surface area contributed by atoms with Gasteiger partial charge in [-0.2, -0.15) is 0 Å². The van der Waals surface area contributed by atoms with E-state index in [1.807, 2.05) is 39.0 Å². The van der Waals surface area contributed by atoms with Gasteiger partial charge in [0.25, 0.3) is 0 Å². The fourth-order valence-electron chi connectivity index (χ4n) is 3.44. The highest BCUT2D eigenvalue weighted by molar-refractivity contribution is 6.74. The number of hydrogen-bond acceptors (Lipinski definition) is 7. The second-order valence-electron chi connectivity index (χ2n) is 10.2. The molecule has 0 aromatic carbocycles. The summed E-state index contributed by atoms with van der Waals surface area (Å²) in [6, 6.07) is 0. The number of carbonyl (C=O) groups is 1. The summed E-state index contributed by atoms with van der Waals surface area (Å²) in [7, 11) is -0.434. The Morgan fingerprint density at radius 3 is 2.48 bits per heavy atom. The average Bonchev–Trinajstić information content (AvgIpc) is 2.96. The summed E-state index contributed by atoms with van der Waals surface area (Å²) in [5.41, 5.74) is 0. The number of cyclic esters (lactones) is 1. The normalized spacial score (nSPS) is 28.7. The van der Waals surface area contributed by atoms with Gasteiger partial charge in [-0.15, -0.1) is 0 Å². The monoisotopic (exact) mass is 456 g/mol. The summed E-state index contributed by atoms with van der Waals surface area (Å²) in [6.45, 7) is 17.0. The first kappa shape index (κ1) is 26.2. The molecule has 0 radical (unpaired) electrons. The second kappa shape index (κ2) is 10.3. The van der Waals surface area contributed by atoms with E-state index in [1.165, 1.54) is 6.08 Å². The van der Waals surface area contributed by atoms with Gasteiger partial charge in [0.2, 0.25) is 0 Å². The Morgan fingerprint density at radius 1 is 1.26 bits per heavy atom. The molecule has 0 N–H and O–H groups in total. The molecular weight excluding hydrogens is 416 g/mol. The minimum absolute atomic E-state index is 0.0793. The maximum absolute atomic E-state index is 11.5. The van der Waals surface area contributed by atoms with Crippen LogP contribution in [-0.2, 0) is 32.9 Å². The van der Waals surface area contributed by atoms with Gasteiger partial charge in [0, 0.05) is 19.6 Å². The molecular formula is C23H40O7Si. The number of carbonyl (C=O) groups excluding carboxylic acids is 1. The van der Waals surface area contributed by atoms with Crippen LogP contribution in [0.4, 0.5) is 0 Å². The Labute approximate surface area is 188 Å². The lowest BCUT2D eigenvalue weighted by molar-refractivity contribution is -0.165. The summed E-state index contributed by atoms with van der Waals surface area (Å²) < 4.78 is 35.6. The van der Waals surface area contributed by atoms with Gasteiger partial charge in [0.05, 0.1) is 6.10 Å². The van der Waals surface area contributed by atoms with Crippen molar-refractivity contribution in [1.29, 1.82) is 0 Å². The van der Waals surface area contributed by atoms with E-state index in [-0.39, 0.29) is 36.1 Å². The lowest BCUT2D eigenvalue weighted by Crippen LogP contribution is -2.50. The van der Waals surface area contributed by atoms with Crippen molar-refractivity contribution in [3.63, 3.8) is 0 Å². The second-order valence-corrected chi connectivity index (χ2v) is 14.9. The average molecular weight is 457 g/mol. The van der Waals surface area contributed by atoms with Crippen LogP contribution in [0, 0.1) is 0 Å². The molecule has 0 aromatic heterocycles. The van der Waals surface area contributed by atoms with Gasteiger partial charge in [-0.25, -0.2) is 4.79 Å². The molecule has 0 saturated carbocycles. The Morgan fingerprint density at radius 2 is 1.90 bits per heavy atom. The number of hydrogen-bond donors (Lipinski definition) is 0. The van der Waals surface area contributed by atoms with Crippen LogP contribution < -0.4 is 0 Å². The zero-order valence-corrected chi connectivity index (χ0v) is 21.5. The van der Waals surface area contributed by atoms with Gasteiger partial charge in [-0.3, -0.25) is 0 Å². The third-order valence-electron chi connectivity index (χ3n) is 6.02. The van der Waals surface area contributed by atoms with E-state index in [2.05, 4.69) is 33.9 Å². The largest absolute Gasteiger partial charge is 0.455 e. The van der Waals surface area contributed by atoms with Gasteiger partial charge in [0.1, 0.15) is 31.2 Å². The minimum atomic E-state index is -2.01. The van der Waals surface area contributed by atoms with E-state index >= 15 is 0 Å². The van der Waals surface area contributed by atoms with Crippen molar-refractivity contribution in [2.24, 2.45) is 0 Å². The molecule has 2 aliphatic rings. The molecule has 0 bridgehead atoms. The van der Waals surface area contributed by atoms with Gasteiger partial charge < -0.3 is 28.1 Å². The maximum Gasteiger partial charge on any atom is 0.331 e. The summed E-state index contributed by atoms with van der Waals surface area (Å²) in [4.78, 5) is 11.5. The third-order valence-corrected chi connectivity index (χ3v) is 10.6. The number of ether oxygens (including phenoxy) is 5. The molecule has 0 spiro atoms. The molecule has 1 fully saturated rings. The van der Waals surface area contributed by atoms with Crippen molar-refractivity contribution < 1.29 is 32.9 Å². The molecule has 0 aliphatic carbocycles.